The first kappa shape index (κ1) is 12.5. The van der Waals surface area contributed by atoms with E-state index in [0.29, 0.717) is 0 Å². The van der Waals surface area contributed by atoms with E-state index in [2.05, 4.69) is 10.2 Å². The van der Waals surface area contributed by atoms with Crippen molar-refractivity contribution >= 4 is 10.0 Å². The van der Waals surface area contributed by atoms with E-state index in [1.807, 2.05) is 0 Å². The van der Waals surface area contributed by atoms with E-state index in [9.17, 15) is 8.42 Å². The maximum absolute atomic E-state index is 12.2. The zero-order valence-corrected chi connectivity index (χ0v) is 10.7. The van der Waals surface area contributed by atoms with Gasteiger partial charge < -0.3 is 5.73 Å². The van der Waals surface area contributed by atoms with Crippen LogP contribution < -0.4 is 5.73 Å². The van der Waals surface area contributed by atoms with Crippen LogP contribution in [0.4, 0.5) is 0 Å². The monoisotopic (exact) mass is 258 g/mol. The molecule has 1 heterocycles. The fourth-order valence-electron chi connectivity index (χ4n) is 2.21. The van der Waals surface area contributed by atoms with Crippen LogP contribution in [0.25, 0.3) is 0 Å². The quantitative estimate of drug-likeness (QED) is 0.815. The Bertz CT molecular complexity index is 449. The van der Waals surface area contributed by atoms with Gasteiger partial charge in [-0.15, -0.1) is 0 Å². The number of hydrogen-bond acceptors (Lipinski definition) is 4. The van der Waals surface area contributed by atoms with Crippen molar-refractivity contribution in [3.63, 3.8) is 0 Å². The predicted octanol–water partition coefficient (Wildman–Crippen LogP) is 0.300. The van der Waals surface area contributed by atoms with Gasteiger partial charge in [-0.1, -0.05) is 0 Å². The lowest BCUT2D eigenvalue weighted by atomic mass is 9.92. The number of nitrogens with two attached hydrogens (primary N) is 1. The van der Waals surface area contributed by atoms with Gasteiger partial charge in [0.25, 0.3) is 0 Å². The molecule has 17 heavy (non-hydrogen) atoms. The first-order chi connectivity index (χ1) is 8.01. The van der Waals surface area contributed by atoms with Gasteiger partial charge in [0, 0.05) is 25.3 Å². The fraction of sp³-hybridized carbons (Fsp3) is 0.700. The number of rotatable bonds is 3. The SMILES string of the molecule is CN(C1CCC(N)CC1)S(=O)(=O)c1cn[nH]c1. The van der Waals surface area contributed by atoms with Crippen molar-refractivity contribution in [1.29, 1.82) is 0 Å². The second-order valence-corrected chi connectivity index (χ2v) is 6.52. The van der Waals surface area contributed by atoms with Gasteiger partial charge in [-0.2, -0.15) is 9.40 Å². The third-order valence-electron chi connectivity index (χ3n) is 3.41. The van der Waals surface area contributed by atoms with Gasteiger partial charge in [-0.3, -0.25) is 5.10 Å². The van der Waals surface area contributed by atoms with Crippen LogP contribution in [0, 0.1) is 0 Å². The summed E-state index contributed by atoms with van der Waals surface area (Å²) in [5, 5.41) is 6.20. The fourth-order valence-corrected chi connectivity index (χ4v) is 3.53. The van der Waals surface area contributed by atoms with Crippen molar-refractivity contribution in [3.8, 4) is 0 Å². The third kappa shape index (κ3) is 2.51. The molecule has 0 radical (unpaired) electrons. The highest BCUT2D eigenvalue weighted by molar-refractivity contribution is 7.89. The van der Waals surface area contributed by atoms with Gasteiger partial charge in [0.1, 0.15) is 4.90 Å². The summed E-state index contributed by atoms with van der Waals surface area (Å²) >= 11 is 0. The van der Waals surface area contributed by atoms with Crippen molar-refractivity contribution in [2.75, 3.05) is 7.05 Å². The number of H-pyrrole nitrogens is 1. The first-order valence-corrected chi connectivity index (χ1v) is 7.18. The molecule has 0 amide bonds. The smallest absolute Gasteiger partial charge is 0.246 e. The maximum Gasteiger partial charge on any atom is 0.246 e. The molecule has 1 aliphatic rings. The molecule has 7 heteroatoms. The molecule has 96 valence electrons. The molecule has 0 atom stereocenters. The van der Waals surface area contributed by atoms with Crippen LogP contribution >= 0.6 is 0 Å². The molecule has 0 aliphatic heterocycles. The summed E-state index contributed by atoms with van der Waals surface area (Å²) in [7, 11) is -1.79. The Hall–Kier alpha value is -0.920. The highest BCUT2D eigenvalue weighted by Gasteiger charge is 2.31. The van der Waals surface area contributed by atoms with Gasteiger partial charge in [0.2, 0.25) is 10.0 Å². The van der Waals surface area contributed by atoms with Gasteiger partial charge in [-0.05, 0) is 25.7 Å². The van der Waals surface area contributed by atoms with Crippen molar-refractivity contribution < 1.29 is 8.42 Å². The molecule has 0 spiro atoms. The summed E-state index contributed by atoms with van der Waals surface area (Å²) in [6.45, 7) is 0. The minimum atomic E-state index is -3.41. The number of nitrogens with zero attached hydrogens (tertiary/aromatic N) is 2. The Morgan fingerprint density at radius 3 is 2.59 bits per heavy atom. The average Bonchev–Trinajstić information content (AvgIpc) is 2.83. The molecule has 1 aliphatic carbocycles. The van der Waals surface area contributed by atoms with Crippen molar-refractivity contribution in [2.24, 2.45) is 5.73 Å². The topological polar surface area (TPSA) is 92.1 Å². The van der Waals surface area contributed by atoms with E-state index in [4.69, 9.17) is 5.73 Å². The normalized spacial score (nSPS) is 26.3. The average molecular weight is 258 g/mol. The molecule has 0 aromatic carbocycles. The number of nitrogens with one attached hydrogen (secondary N) is 1. The Labute approximate surface area is 101 Å². The molecule has 3 N–H and O–H groups in total. The van der Waals surface area contributed by atoms with E-state index >= 15 is 0 Å². The Morgan fingerprint density at radius 1 is 1.41 bits per heavy atom. The number of aromatic amines is 1. The Balaban J connectivity index is 2.12. The lowest BCUT2D eigenvalue weighted by Crippen LogP contribution is -2.41. The van der Waals surface area contributed by atoms with Gasteiger partial charge in [0.15, 0.2) is 0 Å². The van der Waals surface area contributed by atoms with Crippen LogP contribution in [-0.4, -0.2) is 42.1 Å². The number of aromatic nitrogens is 2. The van der Waals surface area contributed by atoms with Crippen LogP contribution in [0.3, 0.4) is 0 Å². The van der Waals surface area contributed by atoms with Gasteiger partial charge >= 0.3 is 0 Å². The summed E-state index contributed by atoms with van der Waals surface area (Å²) in [4.78, 5) is 0.217. The van der Waals surface area contributed by atoms with Crippen LogP contribution in [0.1, 0.15) is 25.7 Å². The van der Waals surface area contributed by atoms with E-state index < -0.39 is 10.0 Å². The van der Waals surface area contributed by atoms with E-state index in [-0.39, 0.29) is 17.0 Å². The van der Waals surface area contributed by atoms with Crippen LogP contribution in [0.5, 0.6) is 0 Å². The van der Waals surface area contributed by atoms with Crippen molar-refractivity contribution in [3.05, 3.63) is 12.4 Å². The molecule has 1 aromatic heterocycles. The molecule has 0 saturated heterocycles. The van der Waals surface area contributed by atoms with Gasteiger partial charge in [0.05, 0.1) is 6.20 Å². The Kier molecular flexibility index (Phi) is 3.50. The molecule has 1 saturated carbocycles. The standard InChI is InChI=1S/C10H18N4O2S/c1-14(9-4-2-8(11)3-5-9)17(15,16)10-6-12-13-7-10/h6-9H,2-5,11H2,1H3,(H,12,13). The molecule has 0 bridgehead atoms. The van der Waals surface area contributed by atoms with Crippen LogP contribution in [0.2, 0.25) is 0 Å². The molecule has 1 aromatic rings. The predicted molar refractivity (Wildman–Crippen MR) is 63.8 cm³/mol. The number of hydrogen-bond donors (Lipinski definition) is 2. The summed E-state index contributed by atoms with van der Waals surface area (Å²) in [6, 6.07) is 0.269. The highest BCUT2D eigenvalue weighted by atomic mass is 32.2. The van der Waals surface area contributed by atoms with E-state index in [0.717, 1.165) is 25.7 Å². The van der Waals surface area contributed by atoms with Crippen molar-refractivity contribution in [1.82, 2.24) is 14.5 Å². The summed E-state index contributed by atoms with van der Waals surface area (Å²) in [5.41, 5.74) is 5.82. The molecule has 6 nitrogen and oxygen atoms in total. The zero-order chi connectivity index (χ0) is 12.5. The summed E-state index contributed by atoms with van der Waals surface area (Å²) in [5.74, 6) is 0. The molecule has 2 rings (SSSR count). The Morgan fingerprint density at radius 2 is 2.06 bits per heavy atom. The zero-order valence-electron chi connectivity index (χ0n) is 9.83. The molecular formula is C10H18N4O2S. The summed E-state index contributed by atoms with van der Waals surface area (Å²) in [6.07, 6.45) is 6.16. The van der Waals surface area contributed by atoms with E-state index in [1.54, 1.807) is 7.05 Å². The van der Waals surface area contributed by atoms with Gasteiger partial charge in [-0.25, -0.2) is 8.42 Å². The van der Waals surface area contributed by atoms with Crippen LogP contribution in [0.15, 0.2) is 17.3 Å². The van der Waals surface area contributed by atoms with Crippen molar-refractivity contribution in [2.45, 2.75) is 42.7 Å². The van der Waals surface area contributed by atoms with Crippen LogP contribution in [-0.2, 0) is 10.0 Å². The summed E-state index contributed by atoms with van der Waals surface area (Å²) < 4.78 is 25.9. The number of sulfonamides is 1. The van der Waals surface area contributed by atoms with E-state index in [1.165, 1.54) is 16.7 Å². The minimum Gasteiger partial charge on any atom is -0.328 e. The maximum atomic E-state index is 12.2. The second-order valence-electron chi connectivity index (χ2n) is 4.52. The minimum absolute atomic E-state index is 0.0506. The largest absolute Gasteiger partial charge is 0.328 e. The molecular weight excluding hydrogens is 240 g/mol. The highest BCUT2D eigenvalue weighted by Crippen LogP contribution is 2.25. The third-order valence-corrected chi connectivity index (χ3v) is 5.28. The lowest BCUT2D eigenvalue weighted by molar-refractivity contribution is 0.268. The second kappa shape index (κ2) is 4.75. The first-order valence-electron chi connectivity index (χ1n) is 5.74. The molecule has 0 unspecified atom stereocenters. The lowest BCUT2D eigenvalue weighted by Gasteiger charge is -2.32. The molecule has 1 fully saturated rings.